The molecule has 4 heteroatoms. The van der Waals surface area contributed by atoms with Crippen LogP contribution in [0.3, 0.4) is 0 Å². The van der Waals surface area contributed by atoms with Crippen LogP contribution in [0, 0.1) is 0 Å². The summed E-state index contributed by atoms with van der Waals surface area (Å²) < 4.78 is 5.42. The van der Waals surface area contributed by atoms with Crippen molar-refractivity contribution in [1.29, 1.82) is 0 Å². The van der Waals surface area contributed by atoms with E-state index in [4.69, 9.17) is 9.84 Å². The van der Waals surface area contributed by atoms with Gasteiger partial charge in [-0.1, -0.05) is 0 Å². The highest BCUT2D eigenvalue weighted by Gasteiger charge is 2.43. The van der Waals surface area contributed by atoms with E-state index in [1.165, 1.54) is 0 Å². The zero-order valence-electron chi connectivity index (χ0n) is 7.54. The Morgan fingerprint density at radius 3 is 2.58 bits per heavy atom. The molecule has 1 fully saturated rings. The van der Waals surface area contributed by atoms with Crippen LogP contribution in [-0.4, -0.2) is 48.3 Å². The summed E-state index contributed by atoms with van der Waals surface area (Å²) in [6.45, 7) is 3.93. The number of carbonyl (C=O) groups is 1. The number of likely N-dealkylation sites (tertiary alicyclic amines) is 1. The minimum absolute atomic E-state index is 0.116. The zero-order chi connectivity index (χ0) is 9.19. The van der Waals surface area contributed by atoms with E-state index in [9.17, 15) is 4.79 Å². The molecule has 4 nitrogen and oxygen atoms in total. The summed E-state index contributed by atoms with van der Waals surface area (Å²) in [5.41, 5.74) is -0.407. The van der Waals surface area contributed by atoms with Crippen LogP contribution in [0.25, 0.3) is 0 Å². The predicted octanol–water partition coefficient (Wildman–Crippen LogP) is 0.182. The number of carboxylic acid groups (broad SMARTS) is 1. The molecule has 0 unspecified atom stereocenters. The van der Waals surface area contributed by atoms with Crippen LogP contribution in [0.2, 0.25) is 0 Å². The highest BCUT2D eigenvalue weighted by Crippen LogP contribution is 2.27. The Bertz CT molecular complexity index is 170. The standard InChI is InChI=1S/C8H15NO3/c1-3-12-8(4-7(10)11)5-9(2)6-8/h3-6H2,1-2H3,(H,10,11). The van der Waals surface area contributed by atoms with Crippen molar-refractivity contribution < 1.29 is 14.6 Å². The van der Waals surface area contributed by atoms with Crippen molar-refractivity contribution in [2.45, 2.75) is 18.9 Å². The van der Waals surface area contributed by atoms with Gasteiger partial charge in [0, 0.05) is 19.7 Å². The minimum Gasteiger partial charge on any atom is -0.481 e. The molecular formula is C8H15NO3. The maximum atomic E-state index is 10.5. The van der Waals surface area contributed by atoms with Gasteiger partial charge in [-0.15, -0.1) is 0 Å². The third-order valence-electron chi connectivity index (χ3n) is 2.04. The normalized spacial score (nSPS) is 21.8. The first-order chi connectivity index (χ1) is 5.58. The molecule has 0 radical (unpaired) electrons. The number of likely N-dealkylation sites (N-methyl/N-ethyl adjacent to an activating group) is 1. The molecule has 0 aliphatic carbocycles. The average Bonchev–Trinajstić information content (AvgIpc) is 1.83. The van der Waals surface area contributed by atoms with Crippen LogP contribution < -0.4 is 0 Å². The molecule has 0 amide bonds. The lowest BCUT2D eigenvalue weighted by atomic mass is 9.91. The summed E-state index contributed by atoms with van der Waals surface area (Å²) >= 11 is 0. The Labute approximate surface area is 72.1 Å². The predicted molar refractivity (Wildman–Crippen MR) is 44.1 cm³/mol. The van der Waals surface area contributed by atoms with Gasteiger partial charge in [-0.3, -0.25) is 4.79 Å². The quantitative estimate of drug-likeness (QED) is 0.659. The monoisotopic (exact) mass is 173 g/mol. The van der Waals surface area contributed by atoms with Gasteiger partial charge in [0.1, 0.15) is 5.60 Å². The summed E-state index contributed by atoms with van der Waals surface area (Å²) in [6, 6.07) is 0. The van der Waals surface area contributed by atoms with Gasteiger partial charge >= 0.3 is 5.97 Å². The van der Waals surface area contributed by atoms with Gasteiger partial charge in [0.05, 0.1) is 6.42 Å². The van der Waals surface area contributed by atoms with Gasteiger partial charge in [-0.2, -0.15) is 0 Å². The largest absolute Gasteiger partial charge is 0.481 e. The Morgan fingerprint density at radius 1 is 1.67 bits per heavy atom. The van der Waals surface area contributed by atoms with Gasteiger partial charge in [0.15, 0.2) is 0 Å². The fourth-order valence-corrected chi connectivity index (χ4v) is 1.77. The average molecular weight is 173 g/mol. The first-order valence-electron chi connectivity index (χ1n) is 4.12. The first-order valence-corrected chi connectivity index (χ1v) is 4.12. The summed E-state index contributed by atoms with van der Waals surface area (Å²) in [7, 11) is 1.96. The van der Waals surface area contributed by atoms with Crippen LogP contribution in [-0.2, 0) is 9.53 Å². The van der Waals surface area contributed by atoms with Crippen molar-refractivity contribution in [1.82, 2.24) is 4.90 Å². The molecular weight excluding hydrogens is 158 g/mol. The van der Waals surface area contributed by atoms with Crippen LogP contribution in [0.15, 0.2) is 0 Å². The Balaban J connectivity index is 2.44. The lowest BCUT2D eigenvalue weighted by Crippen LogP contribution is -2.62. The van der Waals surface area contributed by atoms with E-state index in [1.807, 2.05) is 14.0 Å². The van der Waals surface area contributed by atoms with E-state index in [2.05, 4.69) is 4.90 Å². The number of ether oxygens (including phenoxy) is 1. The highest BCUT2D eigenvalue weighted by molar-refractivity contribution is 5.68. The molecule has 1 N–H and O–H groups in total. The second-order valence-electron chi connectivity index (χ2n) is 3.36. The number of carboxylic acids is 1. The van der Waals surface area contributed by atoms with Gasteiger partial charge < -0.3 is 14.7 Å². The third-order valence-corrected chi connectivity index (χ3v) is 2.04. The topological polar surface area (TPSA) is 49.8 Å². The molecule has 0 saturated carbocycles. The van der Waals surface area contributed by atoms with E-state index < -0.39 is 11.6 Å². The summed E-state index contributed by atoms with van der Waals surface area (Å²) in [5, 5.41) is 8.63. The molecule has 70 valence electrons. The molecule has 0 aromatic heterocycles. The van der Waals surface area contributed by atoms with Crippen LogP contribution in [0.4, 0.5) is 0 Å². The molecule has 0 aromatic carbocycles. The van der Waals surface area contributed by atoms with Gasteiger partial charge in [-0.05, 0) is 14.0 Å². The lowest BCUT2D eigenvalue weighted by Gasteiger charge is -2.47. The molecule has 1 aliphatic heterocycles. The Hall–Kier alpha value is -0.610. The Morgan fingerprint density at radius 2 is 2.25 bits per heavy atom. The van der Waals surface area contributed by atoms with Crippen molar-refractivity contribution in [3.63, 3.8) is 0 Å². The van der Waals surface area contributed by atoms with Crippen LogP contribution >= 0.6 is 0 Å². The smallest absolute Gasteiger partial charge is 0.306 e. The lowest BCUT2D eigenvalue weighted by molar-refractivity contribution is -0.163. The van der Waals surface area contributed by atoms with E-state index in [0.29, 0.717) is 6.61 Å². The molecule has 1 heterocycles. The third kappa shape index (κ3) is 1.95. The summed E-state index contributed by atoms with van der Waals surface area (Å²) in [5.74, 6) is -0.781. The number of rotatable bonds is 4. The van der Waals surface area contributed by atoms with Crippen LogP contribution in [0.5, 0.6) is 0 Å². The van der Waals surface area contributed by atoms with Crippen molar-refractivity contribution in [2.75, 3.05) is 26.7 Å². The molecule has 1 aliphatic rings. The summed E-state index contributed by atoms with van der Waals surface area (Å²) in [6.07, 6.45) is 0.116. The molecule has 1 saturated heterocycles. The van der Waals surface area contributed by atoms with Crippen molar-refractivity contribution in [3.05, 3.63) is 0 Å². The second kappa shape index (κ2) is 3.41. The van der Waals surface area contributed by atoms with E-state index in [0.717, 1.165) is 13.1 Å². The maximum absolute atomic E-state index is 10.5. The number of aliphatic carboxylic acids is 1. The van der Waals surface area contributed by atoms with E-state index in [1.54, 1.807) is 0 Å². The fraction of sp³-hybridized carbons (Fsp3) is 0.875. The molecule has 0 spiro atoms. The van der Waals surface area contributed by atoms with Crippen molar-refractivity contribution in [3.8, 4) is 0 Å². The zero-order valence-corrected chi connectivity index (χ0v) is 7.54. The number of hydrogen-bond donors (Lipinski definition) is 1. The number of nitrogens with zero attached hydrogens (tertiary/aromatic N) is 1. The molecule has 1 rings (SSSR count). The van der Waals surface area contributed by atoms with Crippen molar-refractivity contribution >= 4 is 5.97 Å². The van der Waals surface area contributed by atoms with E-state index >= 15 is 0 Å². The SMILES string of the molecule is CCOC1(CC(=O)O)CN(C)C1. The molecule has 12 heavy (non-hydrogen) atoms. The van der Waals surface area contributed by atoms with Gasteiger partial charge in [-0.25, -0.2) is 0 Å². The minimum atomic E-state index is -0.781. The molecule has 0 aromatic rings. The number of hydrogen-bond acceptors (Lipinski definition) is 3. The van der Waals surface area contributed by atoms with E-state index in [-0.39, 0.29) is 6.42 Å². The Kier molecular flexibility index (Phi) is 2.69. The highest BCUT2D eigenvalue weighted by atomic mass is 16.5. The van der Waals surface area contributed by atoms with Gasteiger partial charge in [0.25, 0.3) is 0 Å². The summed E-state index contributed by atoms with van der Waals surface area (Å²) in [4.78, 5) is 12.5. The molecule has 0 atom stereocenters. The van der Waals surface area contributed by atoms with Crippen molar-refractivity contribution in [2.24, 2.45) is 0 Å². The fourth-order valence-electron chi connectivity index (χ4n) is 1.77. The second-order valence-corrected chi connectivity index (χ2v) is 3.36. The van der Waals surface area contributed by atoms with Crippen LogP contribution in [0.1, 0.15) is 13.3 Å². The van der Waals surface area contributed by atoms with Gasteiger partial charge in [0.2, 0.25) is 0 Å². The maximum Gasteiger partial charge on any atom is 0.306 e. The first kappa shape index (κ1) is 9.48. The molecule has 0 bridgehead atoms.